The van der Waals surface area contributed by atoms with Crippen LogP contribution in [0.4, 0.5) is 5.82 Å². The topological polar surface area (TPSA) is 186 Å². The van der Waals surface area contributed by atoms with E-state index < -0.39 is 11.9 Å². The SMILES string of the molecule is NC(=O)CCC(C=O)n1c2ccc(CCCCC3OCC(Cn4cc(-c5cc(-c6ccccc6O)nnc5N)cn4)CO3)cc2c2cccnc21. The molecule has 0 spiro atoms. The molecule has 13 nitrogen and oxygen atoms in total. The number of amides is 1. The lowest BCUT2D eigenvalue weighted by atomic mass is 10.0. The van der Waals surface area contributed by atoms with Gasteiger partial charge in [-0.25, -0.2) is 4.98 Å². The highest BCUT2D eigenvalue weighted by Gasteiger charge is 2.24. The number of hydrogen-bond donors (Lipinski definition) is 3. The fourth-order valence-electron chi connectivity index (χ4n) is 6.78. The van der Waals surface area contributed by atoms with Crippen molar-refractivity contribution in [3.8, 4) is 28.1 Å². The van der Waals surface area contributed by atoms with E-state index in [0.29, 0.717) is 43.0 Å². The van der Waals surface area contributed by atoms with Gasteiger partial charge >= 0.3 is 0 Å². The third-order valence-corrected chi connectivity index (χ3v) is 9.38. The first-order valence-corrected chi connectivity index (χ1v) is 17.2. The number of anilines is 1. The van der Waals surface area contributed by atoms with E-state index in [9.17, 15) is 14.7 Å². The van der Waals surface area contributed by atoms with Crippen LogP contribution >= 0.6 is 0 Å². The fourth-order valence-corrected chi connectivity index (χ4v) is 6.78. The van der Waals surface area contributed by atoms with Gasteiger partial charge in [0.15, 0.2) is 12.1 Å². The number of ether oxygens (including phenoxy) is 2. The summed E-state index contributed by atoms with van der Waals surface area (Å²) >= 11 is 0. The molecule has 0 radical (unpaired) electrons. The van der Waals surface area contributed by atoms with Crippen LogP contribution in [0.15, 0.2) is 79.3 Å². The lowest BCUT2D eigenvalue weighted by molar-refractivity contribution is -0.205. The van der Waals surface area contributed by atoms with Crippen molar-refractivity contribution < 1.29 is 24.2 Å². The Morgan fingerprint density at radius 3 is 2.67 bits per heavy atom. The Labute approximate surface area is 294 Å². The molecule has 1 amide bonds. The van der Waals surface area contributed by atoms with Crippen LogP contribution in [0.2, 0.25) is 0 Å². The molecule has 1 aliphatic rings. The van der Waals surface area contributed by atoms with E-state index in [1.54, 1.807) is 30.6 Å². The standard InChI is InChI=1S/C38H40N8O5/c39-35(49)14-12-27(21-47)46-33-13-11-24(16-31(33)28-8-5-15-41-38(28)46)6-1-4-10-36-50-22-25(23-51-36)19-45-20-26(18-42-45)30-17-32(43-44-37(30)40)29-7-2-3-9-34(29)48/h2-3,5,7-9,11,13,15-18,20-21,25,27,36,48H,1,4,6,10,12,14,19,22-23H2,(H2,39,49)(H2,40,44). The molecule has 5 heterocycles. The number of fused-ring (bicyclic) bond motifs is 3. The van der Waals surface area contributed by atoms with Crippen LogP contribution in [0.1, 0.15) is 43.7 Å². The van der Waals surface area contributed by atoms with Crippen LogP contribution in [0.5, 0.6) is 5.75 Å². The summed E-state index contributed by atoms with van der Waals surface area (Å²) in [5.74, 6) is 0.124. The first kappa shape index (κ1) is 33.8. The molecule has 0 saturated carbocycles. The van der Waals surface area contributed by atoms with Crippen LogP contribution in [0, 0.1) is 5.92 Å². The summed E-state index contributed by atoms with van der Waals surface area (Å²) in [5.41, 5.74) is 17.0. The Morgan fingerprint density at radius 2 is 1.86 bits per heavy atom. The second kappa shape index (κ2) is 15.1. The van der Waals surface area contributed by atoms with Gasteiger partial charge in [0.05, 0.1) is 36.7 Å². The van der Waals surface area contributed by atoms with Crippen molar-refractivity contribution in [1.82, 2.24) is 29.5 Å². The molecule has 2 aromatic carbocycles. The monoisotopic (exact) mass is 688 g/mol. The van der Waals surface area contributed by atoms with Crippen molar-refractivity contribution >= 4 is 39.9 Å². The summed E-state index contributed by atoms with van der Waals surface area (Å²) in [4.78, 5) is 28.0. The highest BCUT2D eigenvalue weighted by Crippen LogP contribution is 2.34. The number of unbranched alkanes of at least 4 members (excludes halogenated alkanes) is 1. The minimum Gasteiger partial charge on any atom is -0.507 e. The van der Waals surface area contributed by atoms with E-state index in [-0.39, 0.29) is 30.2 Å². The zero-order chi connectivity index (χ0) is 35.3. The summed E-state index contributed by atoms with van der Waals surface area (Å²) in [6.45, 7) is 1.78. The zero-order valence-corrected chi connectivity index (χ0v) is 28.1. The van der Waals surface area contributed by atoms with Gasteiger partial charge in [-0.15, -0.1) is 10.2 Å². The first-order valence-electron chi connectivity index (χ1n) is 17.2. The summed E-state index contributed by atoms with van der Waals surface area (Å²) in [6.07, 6.45) is 10.1. The molecule has 1 fully saturated rings. The number of phenolic OH excluding ortho intramolecular Hbond substituents is 1. The number of nitrogens with two attached hydrogens (primary N) is 2. The number of nitrogens with zero attached hydrogens (tertiary/aromatic N) is 6. The number of aromatic hydroxyl groups is 1. The van der Waals surface area contributed by atoms with Crippen molar-refractivity contribution in [3.63, 3.8) is 0 Å². The minimum absolute atomic E-state index is 0.122. The van der Waals surface area contributed by atoms with Gasteiger partial charge in [-0.2, -0.15) is 5.10 Å². The number of phenols is 1. The Bertz CT molecular complexity index is 2170. The van der Waals surface area contributed by atoms with Gasteiger partial charge in [0.2, 0.25) is 5.91 Å². The van der Waals surface area contributed by atoms with Gasteiger partial charge in [-0.1, -0.05) is 18.2 Å². The van der Waals surface area contributed by atoms with Crippen LogP contribution in [0.25, 0.3) is 44.3 Å². The normalized spacial score (nSPS) is 16.8. The van der Waals surface area contributed by atoms with E-state index >= 15 is 0 Å². The largest absolute Gasteiger partial charge is 0.507 e. The average molecular weight is 689 g/mol. The second-order valence-corrected chi connectivity index (χ2v) is 13.0. The van der Waals surface area contributed by atoms with E-state index in [2.05, 4.69) is 32.4 Å². The third-order valence-electron chi connectivity index (χ3n) is 9.38. The summed E-state index contributed by atoms with van der Waals surface area (Å²) in [7, 11) is 0. The predicted molar refractivity (Wildman–Crippen MR) is 192 cm³/mol. The molecule has 1 atom stereocenters. The van der Waals surface area contributed by atoms with E-state index in [1.165, 1.54) is 5.56 Å². The maximum absolute atomic E-state index is 12.1. The first-order chi connectivity index (χ1) is 24.9. The summed E-state index contributed by atoms with van der Waals surface area (Å²) in [5, 5.41) is 25.1. The van der Waals surface area contributed by atoms with Gasteiger partial charge < -0.3 is 35.4 Å². The maximum Gasteiger partial charge on any atom is 0.217 e. The van der Waals surface area contributed by atoms with Crippen molar-refractivity contribution in [2.75, 3.05) is 18.9 Å². The molecule has 51 heavy (non-hydrogen) atoms. The number of aldehydes is 1. The lowest BCUT2D eigenvalue weighted by Crippen LogP contribution is -2.34. The molecule has 13 heteroatoms. The number of aromatic nitrogens is 6. The highest BCUT2D eigenvalue weighted by atomic mass is 16.7. The predicted octanol–water partition coefficient (Wildman–Crippen LogP) is 5.21. The van der Waals surface area contributed by atoms with Crippen LogP contribution in [-0.4, -0.2) is 66.3 Å². The molecule has 1 aliphatic heterocycles. The van der Waals surface area contributed by atoms with Gasteiger partial charge in [0, 0.05) is 58.7 Å². The van der Waals surface area contributed by atoms with Gasteiger partial charge in [-0.3, -0.25) is 9.48 Å². The number of primary amides is 1. The lowest BCUT2D eigenvalue weighted by Gasteiger charge is -2.29. The van der Waals surface area contributed by atoms with Crippen LogP contribution in [0.3, 0.4) is 0 Å². The number of nitrogen functional groups attached to an aromatic ring is 1. The van der Waals surface area contributed by atoms with E-state index in [1.807, 2.05) is 45.8 Å². The number of para-hydroxylation sites is 1. The third kappa shape index (κ3) is 7.44. The quantitative estimate of drug-likeness (QED) is 0.101. The molecule has 1 saturated heterocycles. The Balaban J connectivity index is 0.905. The van der Waals surface area contributed by atoms with Crippen LogP contribution < -0.4 is 11.5 Å². The van der Waals surface area contributed by atoms with Crippen molar-refractivity contribution in [3.05, 3.63) is 84.8 Å². The highest BCUT2D eigenvalue weighted by molar-refractivity contribution is 6.07. The molecule has 4 aromatic heterocycles. The number of pyridine rings is 1. The molecule has 1 unspecified atom stereocenters. The molecule has 0 aliphatic carbocycles. The number of hydrogen-bond acceptors (Lipinski definition) is 10. The molecule has 0 bridgehead atoms. The van der Waals surface area contributed by atoms with Crippen molar-refractivity contribution in [2.45, 2.75) is 57.4 Å². The Hall–Kier alpha value is -5.66. The van der Waals surface area contributed by atoms with Crippen molar-refractivity contribution in [1.29, 1.82) is 0 Å². The number of carbonyl (C=O) groups is 2. The Morgan fingerprint density at radius 1 is 1.02 bits per heavy atom. The molecule has 262 valence electrons. The second-order valence-electron chi connectivity index (χ2n) is 13.0. The minimum atomic E-state index is -0.528. The van der Waals surface area contributed by atoms with E-state index in [0.717, 1.165) is 59.5 Å². The van der Waals surface area contributed by atoms with Gasteiger partial charge in [0.25, 0.3) is 0 Å². The molecule has 5 N–H and O–H groups in total. The van der Waals surface area contributed by atoms with Gasteiger partial charge in [-0.05, 0) is 80.1 Å². The average Bonchev–Trinajstić information content (AvgIpc) is 3.74. The number of aryl methyl sites for hydroxylation is 1. The number of carbonyl (C=O) groups excluding carboxylic acids is 2. The molecule has 7 rings (SSSR count). The number of rotatable bonds is 14. The fraction of sp³-hybridized carbons (Fsp3) is 0.316. The number of benzene rings is 2. The zero-order valence-electron chi connectivity index (χ0n) is 28.1. The molecule has 6 aromatic rings. The summed E-state index contributed by atoms with van der Waals surface area (Å²) in [6, 6.07) is 18.5. The van der Waals surface area contributed by atoms with Crippen LogP contribution in [-0.2, 0) is 32.0 Å². The van der Waals surface area contributed by atoms with Gasteiger partial charge in [0.1, 0.15) is 17.7 Å². The van der Waals surface area contributed by atoms with Crippen molar-refractivity contribution in [2.24, 2.45) is 11.7 Å². The molecular weight excluding hydrogens is 648 g/mol. The van der Waals surface area contributed by atoms with E-state index in [4.69, 9.17) is 20.9 Å². The molecular formula is C38H40N8O5. The maximum atomic E-state index is 12.1. The summed E-state index contributed by atoms with van der Waals surface area (Å²) < 4.78 is 15.9. The Kier molecular flexibility index (Phi) is 9.99. The smallest absolute Gasteiger partial charge is 0.217 e.